The summed E-state index contributed by atoms with van der Waals surface area (Å²) in [6, 6.07) is 0.841. The Bertz CT molecular complexity index is 1250. The van der Waals surface area contributed by atoms with Crippen molar-refractivity contribution in [3.8, 4) is 0 Å². The molecule has 0 spiro atoms. The smallest absolute Gasteiger partial charge is 0.320 e. The maximum absolute atomic E-state index is 13.5. The molecule has 5 fully saturated rings. The largest absolute Gasteiger partial charge is 0.380 e. The van der Waals surface area contributed by atoms with Gasteiger partial charge in [0.25, 0.3) is 5.56 Å². The molecule has 4 aliphatic carbocycles. The van der Waals surface area contributed by atoms with Crippen molar-refractivity contribution in [2.75, 3.05) is 6.54 Å². The third-order valence-electron chi connectivity index (χ3n) is 10.8. The Morgan fingerprint density at radius 2 is 1.81 bits per heavy atom. The van der Waals surface area contributed by atoms with Gasteiger partial charge in [0.05, 0.1) is 10.7 Å². The first-order valence-corrected chi connectivity index (χ1v) is 15.8. The van der Waals surface area contributed by atoms with Crippen LogP contribution in [0, 0.1) is 29.1 Å². The van der Waals surface area contributed by atoms with E-state index in [1.165, 1.54) is 32.1 Å². The van der Waals surface area contributed by atoms with Crippen LogP contribution < -0.4 is 21.7 Å². The van der Waals surface area contributed by atoms with Crippen molar-refractivity contribution >= 4 is 25.2 Å². The lowest BCUT2D eigenvalue weighted by Gasteiger charge is -2.60. The first-order chi connectivity index (χ1) is 17.0. The molecular weight excluding hydrogens is 473 g/mol. The minimum absolute atomic E-state index is 0.0369. The van der Waals surface area contributed by atoms with Gasteiger partial charge < -0.3 is 14.4 Å². The second-order valence-corrected chi connectivity index (χ2v) is 14.6. The van der Waals surface area contributed by atoms with Gasteiger partial charge in [-0.1, -0.05) is 39.3 Å². The van der Waals surface area contributed by atoms with E-state index in [9.17, 15) is 19.1 Å². The molecule has 36 heavy (non-hydrogen) atoms. The second kappa shape index (κ2) is 8.90. The molecule has 2 N–H and O–H groups in total. The minimum Gasteiger partial charge on any atom is -0.320 e. The number of rotatable bonds is 5. The molecule has 3 saturated carbocycles. The Hall–Kier alpha value is -1.27. The lowest BCUT2D eigenvalue weighted by atomic mass is 9.45. The molecule has 7 rings (SSSR count). The molecule has 6 aliphatic rings. The molecule has 8 heteroatoms. The molecule has 7 nitrogen and oxygen atoms in total. The maximum atomic E-state index is 13.5. The lowest BCUT2D eigenvalue weighted by Crippen LogP contribution is -2.59. The summed E-state index contributed by atoms with van der Waals surface area (Å²) in [6.07, 6.45) is 15.6. The molecule has 1 aromatic rings. The number of piperidine rings is 2. The van der Waals surface area contributed by atoms with Crippen LogP contribution in [0.3, 0.4) is 0 Å². The summed E-state index contributed by atoms with van der Waals surface area (Å²) in [5, 5.41) is 1.31. The van der Waals surface area contributed by atoms with Crippen molar-refractivity contribution in [3.63, 3.8) is 0 Å². The Morgan fingerprint density at radius 1 is 1.08 bits per heavy atom. The highest BCUT2D eigenvalue weighted by atomic mass is 31.2. The standard InChI is InChI=1S/C28H42N3O4P/c1-17-7-10-25-24(13-17)29-26(36(33,34)35)27(32)31(25)22-15-20-5-4-6-21(16-22)30(20)12-11-18-8-9-19-14-23(18)28(19,2)3/h10,13,17-23H,4-9,11-12,14-16H2,1-3H3,(H2,33,34,35)/t17?,18-,19?,20-,21+,22?,23-/m0/s1. The van der Waals surface area contributed by atoms with E-state index < -0.39 is 18.6 Å². The molecule has 7 atom stereocenters. The fourth-order valence-corrected chi connectivity index (χ4v) is 9.32. The fourth-order valence-electron chi connectivity index (χ4n) is 8.72. The van der Waals surface area contributed by atoms with Gasteiger partial charge in [0.2, 0.25) is 5.44 Å². The van der Waals surface area contributed by atoms with E-state index in [2.05, 4.69) is 36.7 Å². The highest BCUT2D eigenvalue weighted by Crippen LogP contribution is 2.62. The van der Waals surface area contributed by atoms with Gasteiger partial charge in [-0.05, 0) is 93.4 Å². The molecule has 0 aromatic carbocycles. The summed E-state index contributed by atoms with van der Waals surface area (Å²) in [6.45, 7) is 8.17. The highest BCUT2D eigenvalue weighted by molar-refractivity contribution is 7.59. The quantitative estimate of drug-likeness (QED) is 0.586. The molecule has 2 saturated heterocycles. The third kappa shape index (κ3) is 4.09. The van der Waals surface area contributed by atoms with E-state index in [-0.39, 0.29) is 12.0 Å². The van der Waals surface area contributed by atoms with Crippen LogP contribution in [-0.2, 0) is 4.57 Å². The number of hydrogen-bond acceptors (Lipinski definition) is 4. The van der Waals surface area contributed by atoms with Gasteiger partial charge in [-0.2, -0.15) is 0 Å². The average molecular weight is 516 g/mol. The second-order valence-electron chi connectivity index (χ2n) is 13.1. The van der Waals surface area contributed by atoms with E-state index in [1.54, 1.807) is 4.57 Å². The zero-order chi connectivity index (χ0) is 25.4. The monoisotopic (exact) mass is 515 g/mol. The molecule has 3 heterocycles. The molecular formula is C28H42N3O4P. The van der Waals surface area contributed by atoms with Crippen LogP contribution in [-0.4, -0.2) is 42.9 Å². The van der Waals surface area contributed by atoms with Crippen LogP contribution in [0.2, 0.25) is 0 Å². The van der Waals surface area contributed by atoms with Crippen molar-refractivity contribution < 1.29 is 14.4 Å². The summed E-state index contributed by atoms with van der Waals surface area (Å²) in [7, 11) is -4.76. The van der Waals surface area contributed by atoms with E-state index in [0.717, 1.165) is 61.8 Å². The number of aromatic nitrogens is 2. The Labute approximate surface area is 213 Å². The van der Waals surface area contributed by atoms with E-state index in [0.29, 0.717) is 22.8 Å². The SMILES string of the molecule is CC1C=c2nc(P(=O)(O)O)c(=O)n(C3C[C@H]4CCC[C@@H](C3)N4CC[C@@H]3CCC4C[C@@H]3C4(C)C)c2=CC1. The van der Waals surface area contributed by atoms with Crippen LogP contribution in [0.1, 0.15) is 91.0 Å². The summed E-state index contributed by atoms with van der Waals surface area (Å²) in [5.41, 5.74) is -0.664. The van der Waals surface area contributed by atoms with E-state index in [4.69, 9.17) is 0 Å². The molecule has 0 amide bonds. The van der Waals surface area contributed by atoms with Crippen molar-refractivity contribution in [2.24, 2.45) is 29.1 Å². The summed E-state index contributed by atoms with van der Waals surface area (Å²) >= 11 is 0. The lowest BCUT2D eigenvalue weighted by molar-refractivity contribution is -0.111. The number of nitrogens with zero attached hydrogens (tertiary/aromatic N) is 3. The molecule has 198 valence electrons. The Morgan fingerprint density at radius 3 is 2.44 bits per heavy atom. The predicted molar refractivity (Wildman–Crippen MR) is 141 cm³/mol. The maximum Gasteiger partial charge on any atom is 0.380 e. The van der Waals surface area contributed by atoms with Gasteiger partial charge in [0.15, 0.2) is 0 Å². The van der Waals surface area contributed by atoms with Gasteiger partial charge in [0.1, 0.15) is 0 Å². The molecule has 2 aliphatic heterocycles. The van der Waals surface area contributed by atoms with Gasteiger partial charge in [-0.15, -0.1) is 0 Å². The van der Waals surface area contributed by atoms with Gasteiger partial charge in [0, 0.05) is 18.1 Å². The Kier molecular flexibility index (Phi) is 6.19. The van der Waals surface area contributed by atoms with Crippen molar-refractivity contribution in [1.29, 1.82) is 0 Å². The zero-order valence-corrected chi connectivity index (χ0v) is 22.9. The molecule has 3 unspecified atom stereocenters. The third-order valence-corrected chi connectivity index (χ3v) is 11.6. The van der Waals surface area contributed by atoms with Crippen LogP contribution in [0.5, 0.6) is 0 Å². The van der Waals surface area contributed by atoms with E-state index >= 15 is 0 Å². The van der Waals surface area contributed by atoms with Crippen molar-refractivity contribution in [3.05, 3.63) is 21.1 Å². The first-order valence-electron chi connectivity index (χ1n) is 14.2. The zero-order valence-electron chi connectivity index (χ0n) is 22.0. The highest BCUT2D eigenvalue weighted by Gasteiger charge is 2.54. The normalized spacial score (nSPS) is 37.3. The summed E-state index contributed by atoms with van der Waals surface area (Å²) in [5.74, 6) is 2.90. The molecule has 4 bridgehead atoms. The van der Waals surface area contributed by atoms with Crippen LogP contribution in [0.4, 0.5) is 0 Å². The fraction of sp³-hybridized carbons (Fsp3) is 0.786. The van der Waals surface area contributed by atoms with Gasteiger partial charge in [-0.3, -0.25) is 14.3 Å². The minimum atomic E-state index is -4.76. The van der Waals surface area contributed by atoms with Gasteiger partial charge in [-0.25, -0.2) is 4.98 Å². The van der Waals surface area contributed by atoms with Crippen LogP contribution in [0.15, 0.2) is 4.79 Å². The molecule has 0 radical (unpaired) electrons. The van der Waals surface area contributed by atoms with Crippen molar-refractivity contribution in [1.82, 2.24) is 14.5 Å². The Balaban J connectivity index is 1.27. The summed E-state index contributed by atoms with van der Waals surface area (Å²) < 4.78 is 13.9. The van der Waals surface area contributed by atoms with Gasteiger partial charge >= 0.3 is 7.60 Å². The average Bonchev–Trinajstić information content (AvgIpc) is 2.81. The molecule has 1 aromatic heterocycles. The number of hydrogen-bond donors (Lipinski definition) is 2. The van der Waals surface area contributed by atoms with Crippen LogP contribution >= 0.6 is 7.60 Å². The topological polar surface area (TPSA) is 95.7 Å². The first kappa shape index (κ1) is 25.0. The number of fused-ring (bicyclic) bond motifs is 5. The van der Waals surface area contributed by atoms with E-state index in [1.807, 2.05) is 6.08 Å². The predicted octanol–water partition coefficient (Wildman–Crippen LogP) is 2.67. The van der Waals surface area contributed by atoms with Crippen LogP contribution in [0.25, 0.3) is 12.2 Å². The summed E-state index contributed by atoms with van der Waals surface area (Å²) in [4.78, 5) is 40.2. The van der Waals surface area contributed by atoms with Crippen molar-refractivity contribution in [2.45, 2.75) is 103 Å².